The monoisotopic (exact) mass is 754 g/mol. The Labute approximate surface area is 276 Å². The molecule has 0 aliphatic heterocycles. The van der Waals surface area contributed by atoms with E-state index in [0.29, 0.717) is 17.1 Å². The van der Waals surface area contributed by atoms with Gasteiger partial charge < -0.3 is 20.3 Å². The smallest absolute Gasteiger partial charge is 0.294 e. The van der Waals surface area contributed by atoms with Crippen LogP contribution >= 0.6 is 31.9 Å². The van der Waals surface area contributed by atoms with Gasteiger partial charge in [0.05, 0.1) is 10.6 Å². The molecule has 1 aromatic heterocycles. The molecule has 0 fully saturated rings. The number of aryl methyl sites for hydroxylation is 1. The van der Waals surface area contributed by atoms with Crippen LogP contribution in [0.3, 0.4) is 0 Å². The molecule has 0 spiro atoms. The Kier molecular flexibility index (Phi) is 12.6. The van der Waals surface area contributed by atoms with Crippen LogP contribution in [0.15, 0.2) is 140 Å². The number of fused-ring (bicyclic) bond motifs is 1. The second kappa shape index (κ2) is 16.1. The van der Waals surface area contributed by atoms with Gasteiger partial charge in [-0.3, -0.25) is 9.35 Å². The largest absolute Gasteiger partial charge is 0.506 e. The molecule has 232 valence electrons. The third-order valence-corrected chi connectivity index (χ3v) is 7.89. The first kappa shape index (κ1) is 35.2. The van der Waals surface area contributed by atoms with Crippen LogP contribution in [0.2, 0.25) is 0 Å². The number of nitrogens with one attached hydrogen (secondary N) is 1. The number of amides is 1. The third-order valence-electron chi connectivity index (χ3n) is 5.96. The Bertz CT molecular complexity index is 1930. The number of aromatic hydroxyl groups is 1. The number of phenolic OH excluding ortho intramolecular Hbond substituents is 1. The molecule has 6 aromatic rings. The first-order valence-corrected chi connectivity index (χ1v) is 16.0. The lowest BCUT2D eigenvalue weighted by atomic mass is 10.2. The average Bonchev–Trinajstić information content (AvgIpc) is 3.44. The highest BCUT2D eigenvalue weighted by Crippen LogP contribution is 2.25. The van der Waals surface area contributed by atoms with Crippen LogP contribution in [0.4, 0.5) is 5.69 Å². The van der Waals surface area contributed by atoms with Crippen LogP contribution in [0, 0.1) is 6.92 Å². The minimum absolute atomic E-state index is 0. The molecule has 0 radical (unpaired) electrons. The highest BCUT2D eigenvalue weighted by atomic mass is 79.9. The van der Waals surface area contributed by atoms with E-state index in [0.717, 1.165) is 31.2 Å². The van der Waals surface area contributed by atoms with Crippen molar-refractivity contribution in [2.75, 3.05) is 5.32 Å². The zero-order valence-corrected chi connectivity index (χ0v) is 27.7. The van der Waals surface area contributed by atoms with E-state index >= 15 is 0 Å². The Hall–Kier alpha value is -4.33. The SMILES string of the molecule is Brc1ccc(-c2nc3ccccc3o2)cc1.Cc1ccc(S(=O)(=O)O)cc1.O.O=C(Nc1ccccc1O)c1ccc(Br)cc1. The number of para-hydroxylation sites is 4. The number of oxazole rings is 1. The number of rotatable bonds is 4. The molecule has 0 aliphatic rings. The van der Waals surface area contributed by atoms with Gasteiger partial charge in [0.1, 0.15) is 11.3 Å². The molecule has 6 rings (SSSR count). The van der Waals surface area contributed by atoms with E-state index in [1.54, 1.807) is 54.6 Å². The van der Waals surface area contributed by atoms with Crippen molar-refractivity contribution in [3.05, 3.63) is 141 Å². The van der Waals surface area contributed by atoms with E-state index in [9.17, 15) is 18.3 Å². The molecule has 0 bridgehead atoms. The van der Waals surface area contributed by atoms with Gasteiger partial charge in [0.2, 0.25) is 5.89 Å². The lowest BCUT2D eigenvalue weighted by Gasteiger charge is -2.06. The van der Waals surface area contributed by atoms with Gasteiger partial charge in [-0.1, -0.05) is 73.8 Å². The fourth-order valence-corrected chi connectivity index (χ4v) is 4.68. The molecule has 45 heavy (non-hydrogen) atoms. The maximum absolute atomic E-state index is 11.8. The van der Waals surface area contributed by atoms with Crippen LogP contribution < -0.4 is 5.32 Å². The van der Waals surface area contributed by atoms with E-state index in [-0.39, 0.29) is 22.0 Å². The Morgan fingerprint density at radius 1 is 0.778 bits per heavy atom. The summed E-state index contributed by atoms with van der Waals surface area (Å²) in [4.78, 5) is 16.2. The van der Waals surface area contributed by atoms with Crippen LogP contribution in [0.1, 0.15) is 15.9 Å². The molecular formula is C33H28Br2N2O7S. The number of carbonyl (C=O) groups is 1. The predicted octanol–water partition coefficient (Wildman–Crippen LogP) is 8.08. The van der Waals surface area contributed by atoms with Crippen molar-refractivity contribution in [2.24, 2.45) is 0 Å². The van der Waals surface area contributed by atoms with Crippen molar-refractivity contribution < 1.29 is 32.8 Å². The number of carbonyl (C=O) groups excluding carboxylic acids is 1. The lowest BCUT2D eigenvalue weighted by molar-refractivity contribution is 0.102. The standard InChI is InChI=1S/C13H10BrNO2.C13H8BrNO.C7H8O3S.H2O/c14-10-7-5-9(6-8-10)13(17)15-11-3-1-2-4-12(11)16;14-10-7-5-9(6-8-10)13-15-11-3-1-2-4-12(11)16-13;1-6-2-4-7(5-3-6)11(8,9)10;/h1-8,16H,(H,15,17);1-8H;2-5H,1H3,(H,8,9,10);1H2. The Morgan fingerprint density at radius 3 is 1.91 bits per heavy atom. The number of hydrogen-bond donors (Lipinski definition) is 3. The van der Waals surface area contributed by atoms with E-state index in [1.807, 2.05) is 55.5 Å². The van der Waals surface area contributed by atoms with Crippen LogP contribution in [0.25, 0.3) is 22.6 Å². The minimum Gasteiger partial charge on any atom is -0.506 e. The lowest BCUT2D eigenvalue weighted by Crippen LogP contribution is -2.11. The van der Waals surface area contributed by atoms with Crippen molar-refractivity contribution >= 4 is 64.7 Å². The number of aromatic nitrogens is 1. The molecule has 1 amide bonds. The van der Waals surface area contributed by atoms with Gasteiger partial charge >= 0.3 is 0 Å². The molecule has 1 heterocycles. The number of benzene rings is 5. The molecule has 12 heteroatoms. The second-order valence-electron chi connectivity index (χ2n) is 9.26. The van der Waals surface area contributed by atoms with Crippen molar-refractivity contribution in [2.45, 2.75) is 11.8 Å². The van der Waals surface area contributed by atoms with Gasteiger partial charge in [-0.2, -0.15) is 8.42 Å². The number of nitrogens with zero attached hydrogens (tertiary/aromatic N) is 1. The summed E-state index contributed by atoms with van der Waals surface area (Å²) >= 11 is 6.70. The predicted molar refractivity (Wildman–Crippen MR) is 182 cm³/mol. The zero-order valence-electron chi connectivity index (χ0n) is 23.7. The highest BCUT2D eigenvalue weighted by molar-refractivity contribution is 9.10. The Balaban J connectivity index is 0.000000186. The van der Waals surface area contributed by atoms with Gasteiger partial charge in [-0.05, 0) is 91.9 Å². The molecule has 9 nitrogen and oxygen atoms in total. The number of anilines is 1. The number of hydrogen-bond acceptors (Lipinski definition) is 6. The summed E-state index contributed by atoms with van der Waals surface area (Å²) in [6, 6.07) is 35.3. The molecule has 5 N–H and O–H groups in total. The highest BCUT2D eigenvalue weighted by Gasteiger charge is 2.09. The van der Waals surface area contributed by atoms with Crippen molar-refractivity contribution in [3.63, 3.8) is 0 Å². The van der Waals surface area contributed by atoms with Crippen molar-refractivity contribution in [1.29, 1.82) is 0 Å². The second-order valence-corrected chi connectivity index (χ2v) is 12.5. The fourth-order valence-electron chi connectivity index (χ4n) is 3.67. The summed E-state index contributed by atoms with van der Waals surface area (Å²) in [6.07, 6.45) is 0. The summed E-state index contributed by atoms with van der Waals surface area (Å²) in [5.41, 5.74) is 4.59. The van der Waals surface area contributed by atoms with E-state index in [2.05, 4.69) is 42.2 Å². The summed E-state index contributed by atoms with van der Waals surface area (Å²) in [5, 5.41) is 12.2. The van der Waals surface area contributed by atoms with E-state index in [1.165, 1.54) is 18.2 Å². The van der Waals surface area contributed by atoms with Crippen LogP contribution in [0.5, 0.6) is 5.75 Å². The first-order valence-electron chi connectivity index (χ1n) is 13.0. The quantitative estimate of drug-likeness (QED) is 0.121. The maximum Gasteiger partial charge on any atom is 0.294 e. The topological polar surface area (TPSA) is 161 Å². The van der Waals surface area contributed by atoms with Gasteiger partial charge in [0.25, 0.3) is 16.0 Å². The molecule has 0 aliphatic carbocycles. The van der Waals surface area contributed by atoms with Crippen molar-refractivity contribution in [1.82, 2.24) is 4.98 Å². The normalized spacial score (nSPS) is 10.4. The van der Waals surface area contributed by atoms with E-state index in [4.69, 9.17) is 8.97 Å². The van der Waals surface area contributed by atoms with Crippen LogP contribution in [-0.2, 0) is 10.1 Å². The summed E-state index contributed by atoms with van der Waals surface area (Å²) < 4.78 is 37.2. The molecule has 0 unspecified atom stereocenters. The van der Waals surface area contributed by atoms with Gasteiger partial charge in [0.15, 0.2) is 5.58 Å². The van der Waals surface area contributed by atoms with Gasteiger partial charge in [-0.15, -0.1) is 0 Å². The van der Waals surface area contributed by atoms with Gasteiger partial charge in [-0.25, -0.2) is 4.98 Å². The number of halogens is 2. The van der Waals surface area contributed by atoms with Crippen LogP contribution in [-0.4, -0.2) is 34.4 Å². The molecule has 0 saturated carbocycles. The Morgan fingerprint density at radius 2 is 1.33 bits per heavy atom. The van der Waals surface area contributed by atoms with E-state index < -0.39 is 10.1 Å². The minimum atomic E-state index is -4.02. The number of phenols is 1. The fraction of sp³-hybridized carbons (Fsp3) is 0.0303. The summed E-state index contributed by atoms with van der Waals surface area (Å²) in [6.45, 7) is 1.84. The molecule has 5 aromatic carbocycles. The van der Waals surface area contributed by atoms with Crippen molar-refractivity contribution in [3.8, 4) is 17.2 Å². The summed E-state index contributed by atoms with van der Waals surface area (Å²) in [5.74, 6) is 0.464. The molecular weight excluding hydrogens is 728 g/mol. The zero-order chi connectivity index (χ0) is 31.7. The van der Waals surface area contributed by atoms with Gasteiger partial charge in [0, 0.05) is 20.1 Å². The average molecular weight is 756 g/mol. The third kappa shape index (κ3) is 10.4. The first-order chi connectivity index (χ1) is 21.0. The molecule has 0 saturated heterocycles. The maximum atomic E-state index is 11.8. The molecule has 0 atom stereocenters. The summed E-state index contributed by atoms with van der Waals surface area (Å²) in [7, 11) is -4.02.